The van der Waals surface area contributed by atoms with Gasteiger partial charge in [-0.15, -0.1) is 0 Å². The highest BCUT2D eigenvalue weighted by Gasteiger charge is 2.46. The third kappa shape index (κ3) is 3.73. The molecule has 0 spiro atoms. The van der Waals surface area contributed by atoms with Gasteiger partial charge in [-0.1, -0.05) is 19.3 Å². The van der Waals surface area contributed by atoms with Gasteiger partial charge in [0.1, 0.15) is 5.54 Å². The zero-order valence-corrected chi connectivity index (χ0v) is 12.7. The van der Waals surface area contributed by atoms with E-state index in [4.69, 9.17) is 15.2 Å². The molecule has 0 bridgehead atoms. The van der Waals surface area contributed by atoms with E-state index in [9.17, 15) is 4.79 Å². The second kappa shape index (κ2) is 7.41. The molecule has 0 radical (unpaired) electrons. The van der Waals surface area contributed by atoms with Crippen LogP contribution < -0.4 is 5.73 Å². The van der Waals surface area contributed by atoms with Crippen molar-refractivity contribution in [3.8, 4) is 0 Å². The topological polar surface area (TPSA) is 61.5 Å². The summed E-state index contributed by atoms with van der Waals surface area (Å²) in [6.45, 7) is 3.84. The zero-order valence-electron chi connectivity index (χ0n) is 12.7. The highest BCUT2D eigenvalue weighted by Crippen LogP contribution is 2.37. The van der Waals surface area contributed by atoms with E-state index in [0.29, 0.717) is 6.61 Å². The lowest BCUT2D eigenvalue weighted by Crippen LogP contribution is -2.52. The fourth-order valence-corrected chi connectivity index (χ4v) is 3.69. The first-order chi connectivity index (χ1) is 9.66. The first-order valence-corrected chi connectivity index (χ1v) is 8.20. The summed E-state index contributed by atoms with van der Waals surface area (Å²) < 4.78 is 10.9. The molecule has 0 amide bonds. The van der Waals surface area contributed by atoms with Gasteiger partial charge in [0.15, 0.2) is 0 Å². The van der Waals surface area contributed by atoms with Crippen LogP contribution in [-0.4, -0.2) is 31.3 Å². The van der Waals surface area contributed by atoms with Crippen LogP contribution >= 0.6 is 0 Å². The maximum Gasteiger partial charge on any atom is 0.326 e. The Labute approximate surface area is 122 Å². The summed E-state index contributed by atoms with van der Waals surface area (Å²) in [6.07, 6.45) is 8.99. The summed E-state index contributed by atoms with van der Waals surface area (Å²) in [5.41, 5.74) is 5.54. The molecule has 4 heteroatoms. The van der Waals surface area contributed by atoms with Gasteiger partial charge < -0.3 is 15.2 Å². The van der Waals surface area contributed by atoms with E-state index in [1.54, 1.807) is 0 Å². The first kappa shape index (κ1) is 15.8. The minimum absolute atomic E-state index is 0.213. The third-order valence-corrected chi connectivity index (χ3v) is 4.97. The summed E-state index contributed by atoms with van der Waals surface area (Å²) in [6, 6.07) is 0. The lowest BCUT2D eigenvalue weighted by Gasteiger charge is -2.29. The minimum Gasteiger partial charge on any atom is -0.465 e. The lowest BCUT2D eigenvalue weighted by molar-refractivity contribution is -0.151. The van der Waals surface area contributed by atoms with Gasteiger partial charge in [0, 0.05) is 13.2 Å². The molecule has 2 aliphatic carbocycles. The maximum atomic E-state index is 12.0. The summed E-state index contributed by atoms with van der Waals surface area (Å²) >= 11 is 0. The quantitative estimate of drug-likeness (QED) is 0.576. The number of carbonyl (C=O) groups excluding carboxylic acids is 1. The number of carbonyl (C=O) groups is 1. The highest BCUT2D eigenvalue weighted by atomic mass is 16.5. The Kier molecular flexibility index (Phi) is 5.85. The van der Waals surface area contributed by atoms with Gasteiger partial charge in [-0.3, -0.25) is 4.79 Å². The van der Waals surface area contributed by atoms with E-state index < -0.39 is 5.54 Å². The molecule has 4 nitrogen and oxygen atoms in total. The Morgan fingerprint density at radius 1 is 1.25 bits per heavy atom. The molecule has 2 aliphatic rings. The van der Waals surface area contributed by atoms with Gasteiger partial charge in [0.05, 0.1) is 6.61 Å². The molecule has 116 valence electrons. The van der Waals surface area contributed by atoms with Crippen LogP contribution in [0.1, 0.15) is 58.3 Å². The van der Waals surface area contributed by atoms with E-state index in [2.05, 4.69) is 0 Å². The maximum absolute atomic E-state index is 12.0. The molecular formula is C16H29NO3. The molecule has 2 rings (SSSR count). The summed E-state index contributed by atoms with van der Waals surface area (Å²) in [5, 5.41) is 0. The second-order valence-corrected chi connectivity index (χ2v) is 6.36. The third-order valence-electron chi connectivity index (χ3n) is 4.97. The largest absolute Gasteiger partial charge is 0.465 e. The van der Waals surface area contributed by atoms with Crippen molar-refractivity contribution in [2.45, 2.75) is 63.8 Å². The van der Waals surface area contributed by atoms with Gasteiger partial charge in [-0.2, -0.15) is 0 Å². The van der Waals surface area contributed by atoms with Crippen LogP contribution in [-0.2, 0) is 14.3 Å². The number of hydrogen-bond acceptors (Lipinski definition) is 4. The molecule has 0 aromatic carbocycles. The Morgan fingerprint density at radius 2 is 2.00 bits per heavy atom. The average Bonchev–Trinajstić information content (AvgIpc) is 3.06. The van der Waals surface area contributed by atoms with Crippen LogP contribution in [0.3, 0.4) is 0 Å². The summed E-state index contributed by atoms with van der Waals surface area (Å²) in [5.74, 6) is 0.745. The predicted molar refractivity (Wildman–Crippen MR) is 78.3 cm³/mol. The van der Waals surface area contributed by atoms with Gasteiger partial charge in [-0.25, -0.2) is 0 Å². The van der Waals surface area contributed by atoms with E-state index in [1.165, 1.54) is 25.7 Å². The van der Waals surface area contributed by atoms with Crippen LogP contribution in [0.2, 0.25) is 0 Å². The highest BCUT2D eigenvalue weighted by molar-refractivity contribution is 5.81. The number of ether oxygens (including phenoxy) is 2. The molecule has 2 saturated carbocycles. The van der Waals surface area contributed by atoms with Crippen LogP contribution in [0.15, 0.2) is 0 Å². The molecule has 0 saturated heterocycles. The van der Waals surface area contributed by atoms with E-state index >= 15 is 0 Å². The van der Waals surface area contributed by atoms with Crippen LogP contribution in [0, 0.1) is 11.8 Å². The van der Waals surface area contributed by atoms with Crippen molar-refractivity contribution in [3.63, 3.8) is 0 Å². The zero-order chi connectivity index (χ0) is 14.4. The molecule has 0 aromatic heterocycles. The Hall–Kier alpha value is -0.610. The minimum atomic E-state index is -0.771. The predicted octanol–water partition coefficient (Wildman–Crippen LogP) is 2.64. The fraction of sp³-hybridized carbons (Fsp3) is 0.938. The SMILES string of the molecule is CCOC(=O)C1(N)CCCC1CCOCC1CCCC1. The van der Waals surface area contributed by atoms with Crippen LogP contribution in [0.5, 0.6) is 0 Å². The molecule has 0 aromatic rings. The Balaban J connectivity index is 1.71. The van der Waals surface area contributed by atoms with E-state index in [0.717, 1.165) is 44.8 Å². The molecular weight excluding hydrogens is 254 g/mol. The number of hydrogen-bond donors (Lipinski definition) is 1. The van der Waals surface area contributed by atoms with Gasteiger partial charge in [0.2, 0.25) is 0 Å². The lowest BCUT2D eigenvalue weighted by atomic mass is 9.86. The van der Waals surface area contributed by atoms with Crippen molar-refractivity contribution in [3.05, 3.63) is 0 Å². The molecule has 2 N–H and O–H groups in total. The summed E-state index contributed by atoms with van der Waals surface area (Å²) in [4.78, 5) is 12.0. The molecule has 0 aliphatic heterocycles. The monoisotopic (exact) mass is 283 g/mol. The molecule has 0 heterocycles. The van der Waals surface area contributed by atoms with Gasteiger partial charge >= 0.3 is 5.97 Å². The molecule has 2 fully saturated rings. The van der Waals surface area contributed by atoms with Gasteiger partial charge in [-0.05, 0) is 50.9 Å². The first-order valence-electron chi connectivity index (χ1n) is 8.20. The summed E-state index contributed by atoms with van der Waals surface area (Å²) in [7, 11) is 0. The van der Waals surface area contributed by atoms with Gasteiger partial charge in [0.25, 0.3) is 0 Å². The Morgan fingerprint density at radius 3 is 2.70 bits per heavy atom. The van der Waals surface area contributed by atoms with E-state index in [1.807, 2.05) is 6.92 Å². The average molecular weight is 283 g/mol. The van der Waals surface area contributed by atoms with Crippen molar-refractivity contribution < 1.29 is 14.3 Å². The normalized spacial score (nSPS) is 30.8. The smallest absolute Gasteiger partial charge is 0.326 e. The standard InChI is InChI=1S/C16H29NO3/c1-2-20-15(18)16(17)10-5-8-14(16)9-11-19-12-13-6-3-4-7-13/h13-14H,2-12,17H2,1H3. The molecule has 20 heavy (non-hydrogen) atoms. The molecule has 2 unspecified atom stereocenters. The van der Waals surface area contributed by atoms with Crippen molar-refractivity contribution in [1.82, 2.24) is 0 Å². The number of nitrogens with two attached hydrogens (primary N) is 1. The number of esters is 1. The van der Waals surface area contributed by atoms with Crippen molar-refractivity contribution >= 4 is 5.97 Å². The second-order valence-electron chi connectivity index (χ2n) is 6.36. The Bertz CT molecular complexity index is 315. The number of rotatable bonds is 7. The molecule has 2 atom stereocenters. The van der Waals surface area contributed by atoms with E-state index in [-0.39, 0.29) is 11.9 Å². The van der Waals surface area contributed by atoms with Crippen molar-refractivity contribution in [1.29, 1.82) is 0 Å². The van der Waals surface area contributed by atoms with Crippen LogP contribution in [0.4, 0.5) is 0 Å². The van der Waals surface area contributed by atoms with Crippen LogP contribution in [0.25, 0.3) is 0 Å². The fourth-order valence-electron chi connectivity index (χ4n) is 3.69. The van der Waals surface area contributed by atoms with Crippen molar-refractivity contribution in [2.24, 2.45) is 17.6 Å². The van der Waals surface area contributed by atoms with Crippen molar-refractivity contribution in [2.75, 3.05) is 19.8 Å².